The third kappa shape index (κ3) is 11.6. The van der Waals surface area contributed by atoms with Crippen LogP contribution in [0.4, 0.5) is 0 Å². The first-order valence-corrected chi connectivity index (χ1v) is 11.2. The van der Waals surface area contributed by atoms with E-state index in [0.717, 1.165) is 25.7 Å². The van der Waals surface area contributed by atoms with Crippen LogP contribution >= 0.6 is 0 Å². The van der Waals surface area contributed by atoms with Gasteiger partial charge in [-0.3, -0.25) is 4.79 Å². The van der Waals surface area contributed by atoms with Crippen LogP contribution in [-0.4, -0.2) is 12.6 Å². The monoisotopic (exact) mass is 368 g/mol. The molecule has 0 rings (SSSR count). The molecule has 0 saturated carbocycles. The minimum absolute atomic E-state index is 0.000960. The largest absolute Gasteiger partial charge is 0.333 e. The maximum atomic E-state index is 12.3. The van der Waals surface area contributed by atoms with Gasteiger partial charge < -0.3 is 5.32 Å². The Morgan fingerprint density at radius 2 is 1.15 bits per heavy atom. The summed E-state index contributed by atoms with van der Waals surface area (Å²) in [5.41, 5.74) is -0.317. The summed E-state index contributed by atoms with van der Waals surface area (Å²) in [5.74, 6) is 0.000960. The molecule has 0 spiro atoms. The molecule has 4 heteroatoms. The molecule has 1 N–H and O–H groups in total. The van der Waals surface area contributed by atoms with Crippen molar-refractivity contribution in [3.63, 3.8) is 0 Å². The van der Waals surface area contributed by atoms with E-state index >= 15 is 0 Å². The van der Waals surface area contributed by atoms with Crippen molar-refractivity contribution in [2.24, 2.45) is 10.6 Å². The van der Waals surface area contributed by atoms with E-state index in [9.17, 15) is 9.70 Å². The van der Waals surface area contributed by atoms with Crippen molar-refractivity contribution in [2.75, 3.05) is 6.67 Å². The Labute approximate surface area is 162 Å². The third-order valence-corrected chi connectivity index (χ3v) is 5.90. The SMILES string of the molecule is CCCCCCCCCCCCCCCC(CC)(CC)C(=O)NCN=O. The number of hydrogen-bond acceptors (Lipinski definition) is 3. The average Bonchev–Trinajstić information content (AvgIpc) is 2.67. The van der Waals surface area contributed by atoms with Gasteiger partial charge in [0.15, 0.2) is 6.67 Å². The van der Waals surface area contributed by atoms with Gasteiger partial charge in [0.25, 0.3) is 0 Å². The lowest BCUT2D eigenvalue weighted by atomic mass is 9.77. The van der Waals surface area contributed by atoms with Crippen LogP contribution in [0.3, 0.4) is 0 Å². The van der Waals surface area contributed by atoms with Crippen molar-refractivity contribution in [2.45, 2.75) is 124 Å². The van der Waals surface area contributed by atoms with Crippen LogP contribution in [0.5, 0.6) is 0 Å². The number of nitroso groups, excluding NO2 is 1. The molecule has 0 atom stereocenters. The van der Waals surface area contributed by atoms with Crippen LogP contribution in [0.1, 0.15) is 124 Å². The van der Waals surface area contributed by atoms with Gasteiger partial charge in [0.1, 0.15) is 0 Å². The molecule has 0 aliphatic carbocycles. The number of carbonyl (C=O) groups excluding carboxylic acids is 1. The van der Waals surface area contributed by atoms with Gasteiger partial charge in [-0.25, -0.2) is 0 Å². The molecule has 0 aromatic carbocycles. The van der Waals surface area contributed by atoms with E-state index in [1.54, 1.807) is 0 Å². The number of unbranched alkanes of at least 4 members (excludes halogenated alkanes) is 12. The quantitative estimate of drug-likeness (QED) is 0.195. The van der Waals surface area contributed by atoms with E-state index in [1.165, 1.54) is 77.0 Å². The second-order valence-electron chi connectivity index (χ2n) is 7.77. The van der Waals surface area contributed by atoms with Crippen molar-refractivity contribution in [1.29, 1.82) is 0 Å². The van der Waals surface area contributed by atoms with E-state index in [2.05, 4.69) is 31.3 Å². The number of amides is 1. The molecule has 0 heterocycles. The highest BCUT2D eigenvalue weighted by Gasteiger charge is 2.33. The summed E-state index contributed by atoms with van der Waals surface area (Å²) in [7, 11) is 0. The van der Waals surface area contributed by atoms with Crippen LogP contribution in [-0.2, 0) is 4.79 Å². The molecular weight excluding hydrogens is 324 g/mol. The highest BCUT2D eigenvalue weighted by atomic mass is 16.3. The Morgan fingerprint density at radius 1 is 0.731 bits per heavy atom. The topological polar surface area (TPSA) is 58.5 Å². The smallest absolute Gasteiger partial charge is 0.227 e. The highest BCUT2D eigenvalue weighted by molar-refractivity contribution is 5.82. The summed E-state index contributed by atoms with van der Waals surface area (Å²) in [5, 5.41) is 5.40. The summed E-state index contributed by atoms with van der Waals surface area (Å²) in [4.78, 5) is 22.6. The minimum Gasteiger partial charge on any atom is -0.333 e. The van der Waals surface area contributed by atoms with Gasteiger partial charge in [-0.15, -0.1) is 4.91 Å². The van der Waals surface area contributed by atoms with Crippen LogP contribution in [0.15, 0.2) is 5.18 Å². The van der Waals surface area contributed by atoms with Crippen molar-refractivity contribution in [1.82, 2.24) is 5.32 Å². The van der Waals surface area contributed by atoms with Gasteiger partial charge in [0, 0.05) is 5.41 Å². The first kappa shape index (κ1) is 25.1. The van der Waals surface area contributed by atoms with E-state index in [-0.39, 0.29) is 18.0 Å². The zero-order valence-electron chi connectivity index (χ0n) is 17.8. The maximum Gasteiger partial charge on any atom is 0.227 e. The maximum absolute atomic E-state index is 12.3. The first-order chi connectivity index (χ1) is 12.7. The molecule has 0 saturated heterocycles. The van der Waals surface area contributed by atoms with Crippen molar-refractivity contribution >= 4 is 5.91 Å². The fourth-order valence-corrected chi connectivity index (χ4v) is 3.81. The molecule has 0 aliphatic rings. The molecule has 0 radical (unpaired) electrons. The molecule has 0 bridgehead atoms. The van der Waals surface area contributed by atoms with E-state index in [4.69, 9.17) is 0 Å². The predicted molar refractivity (Wildman–Crippen MR) is 112 cm³/mol. The van der Waals surface area contributed by atoms with Crippen molar-refractivity contribution in [3.8, 4) is 0 Å². The summed E-state index contributed by atoms with van der Waals surface area (Å²) in [6, 6.07) is 0. The lowest BCUT2D eigenvalue weighted by molar-refractivity contribution is -0.132. The molecule has 26 heavy (non-hydrogen) atoms. The summed E-state index contributed by atoms with van der Waals surface area (Å²) >= 11 is 0. The lowest BCUT2D eigenvalue weighted by Gasteiger charge is -2.30. The molecule has 0 fully saturated rings. The first-order valence-electron chi connectivity index (χ1n) is 11.2. The van der Waals surface area contributed by atoms with Crippen LogP contribution in [0.2, 0.25) is 0 Å². The predicted octanol–water partition coefficient (Wildman–Crippen LogP) is 7.11. The standard InChI is InChI=1S/C22H44N2O2/c1-4-7-8-9-10-11-12-13-14-15-16-17-18-19-22(5-2,6-3)21(25)23-20-24-26/h4-20H2,1-3H3,(H,23,25). The normalized spacial score (nSPS) is 11.5. The lowest BCUT2D eigenvalue weighted by Crippen LogP contribution is -2.40. The minimum atomic E-state index is -0.317. The van der Waals surface area contributed by atoms with Gasteiger partial charge in [-0.2, -0.15) is 0 Å². The highest BCUT2D eigenvalue weighted by Crippen LogP contribution is 2.33. The molecule has 0 unspecified atom stereocenters. The Bertz CT molecular complexity index is 341. The fraction of sp³-hybridized carbons (Fsp3) is 0.955. The Balaban J connectivity index is 3.67. The molecule has 0 aromatic rings. The third-order valence-electron chi connectivity index (χ3n) is 5.90. The molecular formula is C22H44N2O2. The van der Waals surface area contributed by atoms with Crippen LogP contribution < -0.4 is 5.32 Å². The van der Waals surface area contributed by atoms with Gasteiger partial charge in [0.05, 0.1) is 0 Å². The Hall–Kier alpha value is -0.930. The second kappa shape index (κ2) is 17.5. The van der Waals surface area contributed by atoms with Gasteiger partial charge in [0.2, 0.25) is 5.91 Å². The van der Waals surface area contributed by atoms with Gasteiger partial charge in [-0.1, -0.05) is 104 Å². The van der Waals surface area contributed by atoms with E-state index in [0.29, 0.717) is 0 Å². The molecule has 4 nitrogen and oxygen atoms in total. The zero-order chi connectivity index (χ0) is 19.5. The van der Waals surface area contributed by atoms with Gasteiger partial charge in [-0.05, 0) is 24.4 Å². The molecule has 154 valence electrons. The van der Waals surface area contributed by atoms with E-state index < -0.39 is 0 Å². The zero-order valence-corrected chi connectivity index (χ0v) is 17.8. The van der Waals surface area contributed by atoms with E-state index in [1.807, 2.05) is 0 Å². The van der Waals surface area contributed by atoms with Gasteiger partial charge >= 0.3 is 0 Å². The van der Waals surface area contributed by atoms with Crippen molar-refractivity contribution < 1.29 is 4.79 Å². The number of nitrogens with one attached hydrogen (secondary N) is 1. The Morgan fingerprint density at radius 3 is 1.54 bits per heavy atom. The number of nitrogens with zero attached hydrogens (tertiary/aromatic N) is 1. The molecule has 0 aromatic heterocycles. The summed E-state index contributed by atoms with van der Waals surface area (Å²) < 4.78 is 0. The summed E-state index contributed by atoms with van der Waals surface area (Å²) in [6.07, 6.45) is 20.0. The molecule has 1 amide bonds. The van der Waals surface area contributed by atoms with Crippen LogP contribution in [0, 0.1) is 10.3 Å². The number of rotatable bonds is 19. The Kier molecular flexibility index (Phi) is 16.9. The second-order valence-corrected chi connectivity index (χ2v) is 7.77. The number of carbonyl (C=O) groups is 1. The van der Waals surface area contributed by atoms with Crippen molar-refractivity contribution in [3.05, 3.63) is 4.91 Å². The average molecular weight is 369 g/mol. The summed E-state index contributed by atoms with van der Waals surface area (Å²) in [6.45, 7) is 6.29. The van der Waals surface area contributed by atoms with Crippen LogP contribution in [0.25, 0.3) is 0 Å². The number of hydrogen-bond donors (Lipinski definition) is 1. The molecule has 0 aliphatic heterocycles. The fourth-order valence-electron chi connectivity index (χ4n) is 3.81.